The summed E-state index contributed by atoms with van der Waals surface area (Å²) in [6.07, 6.45) is -2.82. The van der Waals surface area contributed by atoms with E-state index in [-0.39, 0.29) is 28.0 Å². The lowest BCUT2D eigenvalue weighted by Gasteiger charge is -2.47. The number of nitrogens with one attached hydrogen (secondary N) is 1. The summed E-state index contributed by atoms with van der Waals surface area (Å²) in [6.45, 7) is 0. The van der Waals surface area contributed by atoms with Gasteiger partial charge in [0.15, 0.2) is 15.2 Å². The summed E-state index contributed by atoms with van der Waals surface area (Å²) in [6, 6.07) is 3.15. The first-order valence-electron chi connectivity index (χ1n) is 10.5. The van der Waals surface area contributed by atoms with Crippen molar-refractivity contribution in [2.24, 2.45) is 5.16 Å². The topological polar surface area (TPSA) is 149 Å². The maximum absolute atomic E-state index is 13.1. The van der Waals surface area contributed by atoms with E-state index in [1.165, 1.54) is 40.9 Å². The number of nitrogens with zero attached hydrogens (tertiary/aromatic N) is 6. The first-order chi connectivity index (χ1) is 18.2. The third-order valence-corrected chi connectivity index (χ3v) is 9.01. The van der Waals surface area contributed by atoms with E-state index < -0.39 is 29.4 Å². The molecule has 1 unspecified atom stereocenters. The van der Waals surface area contributed by atoms with E-state index in [9.17, 15) is 22.8 Å². The van der Waals surface area contributed by atoms with Crippen molar-refractivity contribution < 1.29 is 27.6 Å². The van der Waals surface area contributed by atoms with Crippen LogP contribution in [0.15, 0.2) is 51.0 Å². The molecule has 5 rings (SSSR count). The average Bonchev–Trinajstić information content (AvgIpc) is 3.57. The lowest BCUT2D eigenvalue weighted by Crippen LogP contribution is -2.69. The number of β-lactam (4-membered cyclic amide) rings is 1. The fourth-order valence-corrected chi connectivity index (χ4v) is 6.65. The highest BCUT2D eigenvalue weighted by atomic mass is 32.2. The van der Waals surface area contributed by atoms with E-state index in [0.29, 0.717) is 11.5 Å². The molecule has 18 heteroatoms. The number of anilines is 1. The van der Waals surface area contributed by atoms with Gasteiger partial charge in [0.1, 0.15) is 16.9 Å². The minimum Gasteiger partial charge on any atom is -0.374 e. The van der Waals surface area contributed by atoms with Crippen LogP contribution in [0.2, 0.25) is 0 Å². The molecule has 198 valence electrons. The minimum atomic E-state index is -4.59. The zero-order valence-corrected chi connectivity index (χ0v) is 22.1. The number of rotatable bonds is 8. The highest BCUT2D eigenvalue weighted by Crippen LogP contribution is 2.37. The zero-order chi connectivity index (χ0) is 26.9. The fourth-order valence-electron chi connectivity index (χ4n) is 3.37. The molecule has 4 heterocycles. The second-order valence-electron chi connectivity index (χ2n) is 7.69. The van der Waals surface area contributed by atoms with E-state index in [4.69, 9.17) is 10.6 Å². The Morgan fingerprint density at radius 2 is 2.21 bits per heavy atom. The molecular weight excluding hydrogens is 586 g/mol. The molecule has 2 aromatic heterocycles. The molecule has 1 aromatic carbocycles. The second kappa shape index (κ2) is 10.9. The van der Waals surface area contributed by atoms with Crippen molar-refractivity contribution in [3.05, 3.63) is 52.9 Å². The molecule has 1 saturated heterocycles. The third kappa shape index (κ3) is 5.77. The molecule has 3 N–H and O–H groups in total. The van der Waals surface area contributed by atoms with E-state index in [1.807, 2.05) is 0 Å². The van der Waals surface area contributed by atoms with Crippen LogP contribution in [-0.4, -0.2) is 64.9 Å². The molecule has 2 aliphatic heterocycles. The summed E-state index contributed by atoms with van der Waals surface area (Å²) in [4.78, 5) is 36.5. The highest BCUT2D eigenvalue weighted by Gasteiger charge is 2.50. The van der Waals surface area contributed by atoms with Gasteiger partial charge in [0.25, 0.3) is 11.8 Å². The highest BCUT2D eigenvalue weighted by molar-refractivity contribution is 8.01. The van der Waals surface area contributed by atoms with Crippen molar-refractivity contribution in [1.82, 2.24) is 29.8 Å². The van der Waals surface area contributed by atoms with Crippen molar-refractivity contribution in [2.75, 3.05) is 17.2 Å². The molecule has 2 amide bonds. The van der Waals surface area contributed by atoms with Crippen molar-refractivity contribution in [3.63, 3.8) is 0 Å². The molecule has 0 saturated carbocycles. The van der Waals surface area contributed by atoms with Crippen LogP contribution in [0.4, 0.5) is 18.3 Å². The van der Waals surface area contributed by atoms with E-state index in [1.54, 1.807) is 16.6 Å². The predicted molar refractivity (Wildman–Crippen MR) is 137 cm³/mol. The first kappa shape index (κ1) is 26.4. The number of hydrogen-bond acceptors (Lipinski definition) is 13. The van der Waals surface area contributed by atoms with E-state index in [2.05, 4.69) is 30.0 Å². The van der Waals surface area contributed by atoms with Gasteiger partial charge in [0.2, 0.25) is 11.5 Å². The standard InChI is InChI=1S/C20H15F3N8O3S4/c21-20(22,23)10-2-1-3-11(4-10)34-29-12(14-27-18(24)38-30-14)15(32)26-13-16(33)31-5-9(6-35-17(13)31)7-36-19-28-25-8-37-19/h1-5,8,13,17H,6-7H2,(H,26,32)(H2,24,27,30)/t13?,17-/m0/s1. The number of carbonyl (C=O) groups is 2. The molecule has 3 aromatic rings. The Hall–Kier alpha value is -3.22. The number of alkyl halides is 3. The fraction of sp³-hybridized carbons (Fsp3) is 0.250. The van der Waals surface area contributed by atoms with Crippen LogP contribution in [0.5, 0.6) is 5.75 Å². The number of thioether (sulfide) groups is 2. The number of fused-ring (bicyclic) bond motifs is 1. The SMILES string of the molecule is Nc1nc(C(=NOc2cccc(C(F)(F)F)c2)C(=O)NC2C(=O)N3C=C(CSc4nncs4)CS[C@@H]23)ns1. The van der Waals surface area contributed by atoms with Crippen LogP contribution in [-0.2, 0) is 15.8 Å². The Morgan fingerprint density at radius 1 is 1.37 bits per heavy atom. The molecule has 0 radical (unpaired) electrons. The summed E-state index contributed by atoms with van der Waals surface area (Å²) in [5, 5.41) is 13.8. The number of nitrogens with two attached hydrogens (primary N) is 1. The number of oxime groups is 1. The summed E-state index contributed by atoms with van der Waals surface area (Å²) in [7, 11) is 0. The van der Waals surface area contributed by atoms with Crippen molar-refractivity contribution in [2.45, 2.75) is 21.9 Å². The largest absolute Gasteiger partial charge is 0.416 e. The molecule has 38 heavy (non-hydrogen) atoms. The van der Waals surface area contributed by atoms with Crippen LogP contribution in [0.1, 0.15) is 11.4 Å². The van der Waals surface area contributed by atoms with Crippen LogP contribution >= 0.6 is 46.4 Å². The Kier molecular flexibility index (Phi) is 7.55. The van der Waals surface area contributed by atoms with Crippen molar-refractivity contribution in [1.29, 1.82) is 0 Å². The molecule has 0 bridgehead atoms. The van der Waals surface area contributed by atoms with Gasteiger partial charge in [-0.1, -0.05) is 34.3 Å². The number of amides is 2. The monoisotopic (exact) mass is 600 g/mol. The van der Waals surface area contributed by atoms with Gasteiger partial charge >= 0.3 is 6.18 Å². The summed E-state index contributed by atoms with van der Waals surface area (Å²) < 4.78 is 43.8. The van der Waals surface area contributed by atoms with Gasteiger partial charge < -0.3 is 20.8 Å². The quantitative estimate of drug-likeness (QED) is 0.171. The van der Waals surface area contributed by atoms with Crippen LogP contribution in [0.3, 0.4) is 0 Å². The lowest BCUT2D eigenvalue weighted by atomic mass is 10.1. The maximum atomic E-state index is 13.1. The third-order valence-electron chi connectivity index (χ3n) is 5.12. The second-order valence-corrected chi connectivity index (χ2v) is 11.6. The molecular formula is C20H15F3N8O3S4. The number of nitrogen functional groups attached to an aromatic ring is 1. The van der Waals surface area contributed by atoms with Gasteiger partial charge in [-0.15, -0.1) is 22.0 Å². The Morgan fingerprint density at radius 3 is 2.92 bits per heavy atom. The van der Waals surface area contributed by atoms with Gasteiger partial charge in [-0.3, -0.25) is 9.59 Å². The normalized spacial score (nSPS) is 19.4. The van der Waals surface area contributed by atoms with Crippen LogP contribution < -0.4 is 15.9 Å². The summed E-state index contributed by atoms with van der Waals surface area (Å²) in [5.41, 5.74) is 6.91. The first-order valence-corrected chi connectivity index (χ1v) is 14.2. The number of halogens is 3. The molecule has 11 nitrogen and oxygen atoms in total. The molecule has 2 atom stereocenters. The lowest BCUT2D eigenvalue weighted by molar-refractivity contribution is -0.143. The van der Waals surface area contributed by atoms with Gasteiger partial charge in [-0.05, 0) is 23.8 Å². The Balaban J connectivity index is 1.28. The Bertz CT molecular complexity index is 1410. The average molecular weight is 601 g/mol. The van der Waals surface area contributed by atoms with Crippen LogP contribution in [0, 0.1) is 0 Å². The molecule has 2 aliphatic rings. The zero-order valence-electron chi connectivity index (χ0n) is 18.8. The predicted octanol–water partition coefficient (Wildman–Crippen LogP) is 2.85. The van der Waals surface area contributed by atoms with Gasteiger partial charge in [0.05, 0.1) is 5.56 Å². The van der Waals surface area contributed by atoms with E-state index >= 15 is 0 Å². The number of aromatic nitrogens is 4. The molecule has 0 spiro atoms. The van der Waals surface area contributed by atoms with Gasteiger partial charge in [0, 0.05) is 29.2 Å². The summed E-state index contributed by atoms with van der Waals surface area (Å²) >= 11 is 5.24. The van der Waals surface area contributed by atoms with Crippen LogP contribution in [0.25, 0.3) is 0 Å². The number of benzene rings is 1. The van der Waals surface area contributed by atoms with Crippen molar-refractivity contribution in [3.8, 4) is 5.75 Å². The minimum absolute atomic E-state index is 0.0392. The van der Waals surface area contributed by atoms with Gasteiger partial charge in [-0.25, -0.2) is 0 Å². The maximum Gasteiger partial charge on any atom is 0.416 e. The van der Waals surface area contributed by atoms with E-state index in [0.717, 1.165) is 39.6 Å². The van der Waals surface area contributed by atoms with Crippen molar-refractivity contribution >= 4 is 69.1 Å². The summed E-state index contributed by atoms with van der Waals surface area (Å²) in [5.74, 6) is -0.307. The molecule has 0 aliphatic carbocycles. The smallest absolute Gasteiger partial charge is 0.374 e. The molecule has 1 fully saturated rings. The number of hydrogen-bond donors (Lipinski definition) is 2. The van der Waals surface area contributed by atoms with Gasteiger partial charge in [-0.2, -0.15) is 22.5 Å². The number of carbonyl (C=O) groups excluding carboxylic acids is 2. The Labute approximate surface area is 228 Å².